The maximum absolute atomic E-state index is 14.2. The number of non-ortho nitro benzene ring substituents is 1. The largest absolute Gasteiger partial charge is 0.459 e. The van der Waals surface area contributed by atoms with Crippen molar-refractivity contribution in [2.75, 3.05) is 0 Å². The summed E-state index contributed by atoms with van der Waals surface area (Å²) >= 11 is 6.75. The number of benzene rings is 3. The van der Waals surface area contributed by atoms with E-state index in [9.17, 15) is 38.9 Å². The predicted molar refractivity (Wildman–Crippen MR) is 165 cm³/mol. The summed E-state index contributed by atoms with van der Waals surface area (Å²) in [6.07, 6.45) is -8.46. The topological polar surface area (TPSA) is 192 Å². The third-order valence-electron chi connectivity index (χ3n) is 7.74. The van der Waals surface area contributed by atoms with Crippen molar-refractivity contribution in [1.82, 2.24) is 0 Å². The molecule has 1 aliphatic heterocycles. The van der Waals surface area contributed by atoms with Crippen LogP contribution in [0.15, 0.2) is 36.4 Å². The van der Waals surface area contributed by atoms with Gasteiger partial charge in [0.05, 0.1) is 21.1 Å². The van der Waals surface area contributed by atoms with Gasteiger partial charge in [0.15, 0.2) is 23.8 Å². The predicted octanol–water partition coefficient (Wildman–Crippen LogP) is 4.36. The first-order chi connectivity index (χ1) is 22.6. The second-order valence-corrected chi connectivity index (χ2v) is 11.7. The molecule has 0 bridgehead atoms. The van der Waals surface area contributed by atoms with E-state index in [2.05, 4.69) is 0 Å². The van der Waals surface area contributed by atoms with Gasteiger partial charge in [-0.1, -0.05) is 41.4 Å². The van der Waals surface area contributed by atoms with E-state index in [1.54, 1.807) is 13.0 Å². The number of hydrogen-bond acceptors (Lipinski definition) is 13. The highest BCUT2D eigenvalue weighted by Gasteiger charge is 2.54. The van der Waals surface area contributed by atoms with Crippen LogP contribution in [0.1, 0.15) is 71.5 Å². The minimum atomic E-state index is -1.86. The first kappa shape index (κ1) is 34.1. The Balaban J connectivity index is 1.80. The summed E-state index contributed by atoms with van der Waals surface area (Å²) < 4.78 is 28.7. The number of nitro groups is 1. The average Bonchev–Trinajstić information content (AvgIpc) is 2.99. The second kappa shape index (κ2) is 13.1. The van der Waals surface area contributed by atoms with Gasteiger partial charge in [-0.15, -0.1) is 0 Å². The molecule has 250 valence electrons. The number of carbonyl (C=O) groups excluding carboxylic acids is 6. The van der Waals surface area contributed by atoms with Crippen molar-refractivity contribution in [3.63, 3.8) is 0 Å². The van der Waals surface area contributed by atoms with E-state index < -0.39 is 94.3 Å². The Hall–Kier alpha value is -5.21. The summed E-state index contributed by atoms with van der Waals surface area (Å²) in [5.74, 6) is -5.04. The van der Waals surface area contributed by atoms with Crippen molar-refractivity contribution in [3.8, 4) is 5.75 Å². The number of ether oxygens (including phenoxy) is 5. The molecule has 0 spiro atoms. The van der Waals surface area contributed by atoms with E-state index >= 15 is 0 Å². The lowest BCUT2D eigenvalue weighted by Gasteiger charge is -2.44. The van der Waals surface area contributed by atoms with Crippen LogP contribution >= 0.6 is 11.6 Å². The van der Waals surface area contributed by atoms with Gasteiger partial charge in [-0.3, -0.25) is 38.9 Å². The van der Waals surface area contributed by atoms with Crippen LogP contribution in [0.3, 0.4) is 0 Å². The van der Waals surface area contributed by atoms with Crippen molar-refractivity contribution in [2.24, 2.45) is 0 Å². The molecule has 0 radical (unpaired) electrons. The van der Waals surface area contributed by atoms with Gasteiger partial charge in [0.2, 0.25) is 12.4 Å². The molecule has 0 aromatic heterocycles. The van der Waals surface area contributed by atoms with E-state index in [-0.39, 0.29) is 32.5 Å². The molecule has 1 saturated heterocycles. The molecule has 15 heteroatoms. The van der Waals surface area contributed by atoms with Crippen molar-refractivity contribution in [2.45, 2.75) is 71.7 Å². The molecule has 1 fully saturated rings. The van der Waals surface area contributed by atoms with E-state index in [0.29, 0.717) is 5.56 Å². The molecule has 0 amide bonds. The van der Waals surface area contributed by atoms with Gasteiger partial charge in [-0.25, -0.2) is 0 Å². The molecule has 0 N–H and O–H groups in total. The lowest BCUT2D eigenvalue weighted by Crippen LogP contribution is -2.63. The summed E-state index contributed by atoms with van der Waals surface area (Å²) in [7, 11) is 0. The maximum atomic E-state index is 14.2. The van der Waals surface area contributed by atoms with Gasteiger partial charge in [-0.05, 0) is 19.9 Å². The fourth-order valence-corrected chi connectivity index (χ4v) is 6.31. The lowest BCUT2D eigenvalue weighted by atomic mass is 9.81. The molecule has 14 nitrogen and oxygen atoms in total. The fraction of sp³-hybridized carbons (Fsp3) is 0.333. The molecule has 1 unspecified atom stereocenters. The quantitative estimate of drug-likeness (QED) is 0.110. The Labute approximate surface area is 277 Å². The Kier molecular flexibility index (Phi) is 9.33. The second-order valence-electron chi connectivity index (χ2n) is 11.3. The molecule has 5 atom stereocenters. The highest BCUT2D eigenvalue weighted by atomic mass is 35.5. The first-order valence-corrected chi connectivity index (χ1v) is 14.9. The summed E-state index contributed by atoms with van der Waals surface area (Å²) in [5.41, 5.74) is -0.577. The Morgan fingerprint density at radius 2 is 1.46 bits per heavy atom. The maximum Gasteiger partial charge on any atom is 0.303 e. The number of halogens is 1. The highest BCUT2D eigenvalue weighted by Crippen LogP contribution is 2.48. The van der Waals surface area contributed by atoms with E-state index in [0.717, 1.165) is 26.8 Å². The van der Waals surface area contributed by atoms with Crippen molar-refractivity contribution in [3.05, 3.63) is 79.4 Å². The molecule has 1 aliphatic carbocycles. The molecule has 48 heavy (non-hydrogen) atoms. The number of hydrogen-bond donors (Lipinski definition) is 0. The van der Waals surface area contributed by atoms with E-state index in [4.69, 9.17) is 35.3 Å². The molecule has 1 heterocycles. The van der Waals surface area contributed by atoms with Crippen LogP contribution in [0.5, 0.6) is 5.75 Å². The van der Waals surface area contributed by atoms with Gasteiger partial charge in [0.1, 0.15) is 23.0 Å². The van der Waals surface area contributed by atoms with Gasteiger partial charge in [0, 0.05) is 49.8 Å². The van der Waals surface area contributed by atoms with Crippen LogP contribution in [-0.2, 0) is 38.1 Å². The Bertz CT molecular complexity index is 1940. The summed E-state index contributed by atoms with van der Waals surface area (Å²) in [4.78, 5) is 88.9. The number of carbonyl (C=O) groups is 6. The van der Waals surface area contributed by atoms with Crippen LogP contribution < -0.4 is 4.74 Å². The summed E-state index contributed by atoms with van der Waals surface area (Å²) in [6, 6.07) is 8.40. The van der Waals surface area contributed by atoms with Crippen LogP contribution in [0.25, 0.3) is 10.8 Å². The van der Waals surface area contributed by atoms with E-state index in [1.165, 1.54) is 31.2 Å². The first-order valence-electron chi connectivity index (χ1n) is 14.6. The van der Waals surface area contributed by atoms with Gasteiger partial charge in [0.25, 0.3) is 5.69 Å². The van der Waals surface area contributed by atoms with Crippen molar-refractivity contribution in [1.29, 1.82) is 0 Å². The minimum absolute atomic E-state index is 0.0219. The third kappa shape index (κ3) is 6.23. The number of rotatable bonds is 8. The SMILES string of the molecule is CC(=O)C[C@H]1OC(Oc2c3c(c(Cl)c4cccc([N+](=O)[O-])c24)C(=O)c2cc(C)ccc2C3=O)[C@H](OC(C)=O)[C@@H](OC(C)=O)[C@@H]1OC(C)=O. The van der Waals surface area contributed by atoms with Crippen LogP contribution in [0.4, 0.5) is 5.69 Å². The zero-order valence-corrected chi connectivity index (χ0v) is 26.9. The van der Waals surface area contributed by atoms with Gasteiger partial charge < -0.3 is 23.7 Å². The Morgan fingerprint density at radius 3 is 2.06 bits per heavy atom. The summed E-state index contributed by atoms with van der Waals surface area (Å²) in [5, 5.41) is 11.8. The van der Waals surface area contributed by atoms with Gasteiger partial charge >= 0.3 is 17.9 Å². The Morgan fingerprint density at radius 1 is 0.854 bits per heavy atom. The summed E-state index contributed by atoms with van der Waals surface area (Å²) in [6.45, 7) is 6.07. The zero-order chi connectivity index (χ0) is 35.2. The van der Waals surface area contributed by atoms with Gasteiger partial charge in [-0.2, -0.15) is 0 Å². The number of nitro benzene ring substituents is 1. The van der Waals surface area contributed by atoms with Crippen molar-refractivity contribution >= 4 is 63.3 Å². The fourth-order valence-electron chi connectivity index (χ4n) is 5.97. The third-order valence-corrected chi connectivity index (χ3v) is 8.13. The normalized spacial score (nSPS) is 21.5. The van der Waals surface area contributed by atoms with Crippen LogP contribution in [-0.4, -0.2) is 70.9 Å². The number of esters is 3. The zero-order valence-electron chi connectivity index (χ0n) is 26.2. The molecular formula is C33H28ClNO13. The average molecular weight is 682 g/mol. The minimum Gasteiger partial charge on any atom is -0.459 e. The lowest BCUT2D eigenvalue weighted by molar-refractivity contribution is -0.383. The standard InChI is InChI=1S/C33H28ClNO13/c1-13-9-10-18-20(11-13)28(41)24-25(27(18)40)30(23-19(26(24)34)7-6-8-21(23)35(42)43)48-33-32(46-17(5)39)31(45-16(4)38)29(44-15(3)37)22(47-33)12-14(2)36/h6-11,22,29,31-33H,12H2,1-5H3/t22-,29-,31+,32-,33?/m1/s1. The molecule has 2 aliphatic rings. The number of nitrogens with zero attached hydrogens (tertiary/aromatic N) is 1. The molecule has 5 rings (SSSR count). The highest BCUT2D eigenvalue weighted by molar-refractivity contribution is 6.44. The van der Waals surface area contributed by atoms with Crippen molar-refractivity contribution < 1.29 is 57.4 Å². The molecule has 3 aromatic rings. The monoisotopic (exact) mass is 681 g/mol. The number of Topliss-reactive ketones (excluding diaryl/α,β-unsaturated/α-hetero) is 1. The van der Waals surface area contributed by atoms with E-state index in [1.807, 2.05) is 0 Å². The smallest absolute Gasteiger partial charge is 0.303 e. The number of ketones is 3. The molecule has 0 saturated carbocycles. The molecule has 3 aromatic carbocycles. The number of aryl methyl sites for hydroxylation is 1. The van der Waals surface area contributed by atoms with Crippen LogP contribution in [0.2, 0.25) is 5.02 Å². The number of fused-ring (bicyclic) bond motifs is 3. The van der Waals surface area contributed by atoms with Crippen LogP contribution in [0, 0.1) is 17.0 Å². The molecular weight excluding hydrogens is 654 g/mol.